The Bertz CT molecular complexity index is 661. The van der Waals surface area contributed by atoms with Crippen LogP contribution in [-0.2, 0) is 14.8 Å². The molecule has 1 aliphatic rings. The molecule has 20 heavy (non-hydrogen) atoms. The number of aryl methyl sites for hydroxylation is 1. The maximum absolute atomic E-state index is 12.6. The summed E-state index contributed by atoms with van der Waals surface area (Å²) in [6.07, 6.45) is 1.83. The Kier molecular flexibility index (Phi) is 4.31. The number of hydrogen-bond donors (Lipinski definition) is 2. The first-order valence-electron chi connectivity index (χ1n) is 6.25. The van der Waals surface area contributed by atoms with Crippen LogP contribution in [0.4, 0.5) is 0 Å². The Morgan fingerprint density at radius 2 is 2.20 bits per heavy atom. The van der Waals surface area contributed by atoms with Crippen LogP contribution in [0.2, 0.25) is 0 Å². The molecule has 1 aromatic heterocycles. The van der Waals surface area contributed by atoms with Crippen LogP contribution in [0.25, 0.3) is 0 Å². The third kappa shape index (κ3) is 2.94. The normalized spacial score (nSPS) is 20.9. The van der Waals surface area contributed by atoms with Gasteiger partial charge in [-0.2, -0.15) is 4.31 Å². The summed E-state index contributed by atoms with van der Waals surface area (Å²) in [6.45, 7) is 1.83. The second-order valence-corrected chi connectivity index (χ2v) is 7.86. The molecule has 1 aromatic rings. The number of thiazole rings is 1. The monoisotopic (exact) mass is 320 g/mol. The van der Waals surface area contributed by atoms with E-state index in [-0.39, 0.29) is 10.6 Å². The molecule has 1 atom stereocenters. The number of sulfonamides is 1. The van der Waals surface area contributed by atoms with E-state index in [4.69, 9.17) is 5.11 Å². The molecule has 7 nitrogen and oxygen atoms in total. The first kappa shape index (κ1) is 15.2. The number of aromatic amines is 1. The molecule has 112 valence electrons. The number of carbonyl (C=O) groups is 1. The lowest BCUT2D eigenvalue weighted by molar-refractivity contribution is -0.138. The molecule has 2 N–H and O–H groups in total. The number of aromatic nitrogens is 1. The second kappa shape index (κ2) is 5.66. The fraction of sp³-hybridized carbons (Fsp3) is 0.636. The maximum atomic E-state index is 12.6. The molecule has 2 rings (SSSR count). The van der Waals surface area contributed by atoms with Crippen LogP contribution in [0, 0.1) is 6.92 Å². The largest absolute Gasteiger partial charge is 0.481 e. The fourth-order valence-corrected chi connectivity index (χ4v) is 5.54. The van der Waals surface area contributed by atoms with Gasteiger partial charge in [0.2, 0.25) is 0 Å². The molecule has 1 saturated heterocycles. The van der Waals surface area contributed by atoms with Crippen molar-refractivity contribution in [3.05, 3.63) is 15.4 Å². The van der Waals surface area contributed by atoms with Gasteiger partial charge in [0.25, 0.3) is 10.0 Å². The van der Waals surface area contributed by atoms with E-state index >= 15 is 0 Å². The highest BCUT2D eigenvalue weighted by Gasteiger charge is 2.36. The molecular formula is C11H16N2O5S2. The van der Waals surface area contributed by atoms with Crippen molar-refractivity contribution in [2.45, 2.75) is 42.9 Å². The van der Waals surface area contributed by atoms with Crippen molar-refractivity contribution >= 4 is 27.3 Å². The van der Waals surface area contributed by atoms with Gasteiger partial charge in [-0.25, -0.2) is 8.42 Å². The van der Waals surface area contributed by atoms with E-state index in [0.717, 1.165) is 6.42 Å². The number of nitrogens with zero attached hydrogens (tertiary/aromatic N) is 1. The van der Waals surface area contributed by atoms with Gasteiger partial charge in [-0.05, 0) is 19.8 Å². The lowest BCUT2D eigenvalue weighted by Crippen LogP contribution is -2.44. The summed E-state index contributed by atoms with van der Waals surface area (Å²) in [5.74, 6) is -1.02. The Labute approximate surface area is 120 Å². The van der Waals surface area contributed by atoms with E-state index in [9.17, 15) is 18.0 Å². The van der Waals surface area contributed by atoms with Crippen LogP contribution in [-0.4, -0.2) is 41.4 Å². The van der Waals surface area contributed by atoms with Crippen LogP contribution >= 0.6 is 11.3 Å². The van der Waals surface area contributed by atoms with E-state index in [0.29, 0.717) is 36.4 Å². The van der Waals surface area contributed by atoms with E-state index < -0.39 is 26.9 Å². The zero-order valence-corrected chi connectivity index (χ0v) is 12.6. The maximum Gasteiger partial charge on any atom is 0.305 e. The predicted octanol–water partition coefficient (Wildman–Crippen LogP) is 0.763. The molecule has 0 bridgehead atoms. The number of piperidine rings is 1. The quantitative estimate of drug-likeness (QED) is 0.851. The highest BCUT2D eigenvalue weighted by molar-refractivity contribution is 7.91. The highest BCUT2D eigenvalue weighted by atomic mass is 32.2. The Hall–Kier alpha value is -1.19. The van der Waals surface area contributed by atoms with Crippen molar-refractivity contribution < 1.29 is 18.3 Å². The lowest BCUT2D eigenvalue weighted by Gasteiger charge is -2.33. The van der Waals surface area contributed by atoms with Crippen molar-refractivity contribution in [1.29, 1.82) is 0 Å². The summed E-state index contributed by atoms with van der Waals surface area (Å²) in [5.41, 5.74) is 0.305. The SMILES string of the molecule is Cc1[nH]c(=O)sc1S(=O)(=O)N1CCCCC1CC(=O)O. The molecule has 9 heteroatoms. The van der Waals surface area contributed by atoms with Gasteiger partial charge in [-0.1, -0.05) is 17.8 Å². The molecule has 2 heterocycles. The highest BCUT2D eigenvalue weighted by Crippen LogP contribution is 2.29. The van der Waals surface area contributed by atoms with Crippen molar-refractivity contribution in [2.75, 3.05) is 6.54 Å². The third-order valence-corrected chi connectivity index (χ3v) is 6.84. The van der Waals surface area contributed by atoms with Gasteiger partial charge in [-0.15, -0.1) is 0 Å². The molecule has 1 unspecified atom stereocenters. The first-order chi connectivity index (χ1) is 9.32. The van der Waals surface area contributed by atoms with Crippen LogP contribution in [0.3, 0.4) is 0 Å². The van der Waals surface area contributed by atoms with Gasteiger partial charge in [0.05, 0.1) is 6.42 Å². The molecule has 1 fully saturated rings. The van der Waals surface area contributed by atoms with Gasteiger partial charge in [0, 0.05) is 18.3 Å². The van der Waals surface area contributed by atoms with E-state index in [1.807, 2.05) is 0 Å². The van der Waals surface area contributed by atoms with Gasteiger partial charge >= 0.3 is 10.8 Å². The molecular weight excluding hydrogens is 304 g/mol. The molecule has 0 amide bonds. The third-order valence-electron chi connectivity index (χ3n) is 3.31. The minimum absolute atomic E-state index is 0.0141. The van der Waals surface area contributed by atoms with Gasteiger partial charge in [0.15, 0.2) is 4.21 Å². The predicted molar refractivity (Wildman–Crippen MR) is 73.5 cm³/mol. The summed E-state index contributed by atoms with van der Waals surface area (Å²) in [5, 5.41) is 8.90. The Morgan fingerprint density at radius 1 is 1.50 bits per heavy atom. The summed E-state index contributed by atoms with van der Waals surface area (Å²) in [6, 6.07) is -0.539. The Morgan fingerprint density at radius 3 is 2.75 bits per heavy atom. The number of nitrogens with one attached hydrogen (secondary N) is 1. The molecule has 0 spiro atoms. The summed E-state index contributed by atoms with van der Waals surface area (Å²) >= 11 is 0.648. The number of H-pyrrole nitrogens is 1. The second-order valence-electron chi connectivity index (χ2n) is 4.79. The first-order valence-corrected chi connectivity index (χ1v) is 8.51. The molecule has 0 aliphatic carbocycles. The fourth-order valence-electron chi connectivity index (χ4n) is 2.44. The lowest BCUT2D eigenvalue weighted by atomic mass is 10.0. The number of rotatable bonds is 4. The van der Waals surface area contributed by atoms with Crippen molar-refractivity contribution in [1.82, 2.24) is 9.29 Å². The topological polar surface area (TPSA) is 108 Å². The number of hydrogen-bond acceptors (Lipinski definition) is 5. The van der Waals surface area contributed by atoms with Gasteiger partial charge < -0.3 is 10.1 Å². The van der Waals surface area contributed by atoms with Crippen molar-refractivity contribution in [3.8, 4) is 0 Å². The van der Waals surface area contributed by atoms with Crippen molar-refractivity contribution in [2.24, 2.45) is 0 Å². The van der Waals surface area contributed by atoms with Crippen LogP contribution in [0.1, 0.15) is 31.4 Å². The average Bonchev–Trinajstić information content (AvgIpc) is 2.69. The summed E-state index contributed by atoms with van der Waals surface area (Å²) in [7, 11) is -3.81. The Balaban J connectivity index is 2.38. The molecule has 0 radical (unpaired) electrons. The van der Waals surface area contributed by atoms with Crippen LogP contribution in [0.15, 0.2) is 9.00 Å². The number of aliphatic carboxylic acids is 1. The standard InChI is InChI=1S/C11H16N2O5S2/c1-7-10(19-11(16)12-7)20(17,18)13-5-3-2-4-8(13)6-9(14)15/h8H,2-6H2,1H3,(H,12,16)(H,14,15). The number of carboxylic acids is 1. The number of carboxylic acid groups (broad SMARTS) is 1. The summed E-state index contributed by atoms with van der Waals surface area (Å²) in [4.78, 5) is 24.2. The molecule has 0 saturated carbocycles. The van der Waals surface area contributed by atoms with Crippen LogP contribution in [0.5, 0.6) is 0 Å². The molecule has 0 aromatic carbocycles. The van der Waals surface area contributed by atoms with Crippen molar-refractivity contribution in [3.63, 3.8) is 0 Å². The van der Waals surface area contributed by atoms with Gasteiger partial charge in [-0.3, -0.25) is 9.59 Å². The zero-order chi connectivity index (χ0) is 14.9. The molecule has 1 aliphatic heterocycles. The average molecular weight is 320 g/mol. The van der Waals surface area contributed by atoms with Gasteiger partial charge in [0.1, 0.15) is 0 Å². The van der Waals surface area contributed by atoms with E-state index in [1.54, 1.807) is 0 Å². The van der Waals surface area contributed by atoms with Crippen LogP contribution < -0.4 is 4.87 Å². The smallest absolute Gasteiger partial charge is 0.305 e. The van der Waals surface area contributed by atoms with E-state index in [2.05, 4.69) is 4.98 Å². The minimum atomic E-state index is -3.81. The summed E-state index contributed by atoms with van der Waals surface area (Å²) < 4.78 is 26.4. The van der Waals surface area contributed by atoms with E-state index in [1.165, 1.54) is 11.2 Å². The minimum Gasteiger partial charge on any atom is -0.481 e. The zero-order valence-electron chi connectivity index (χ0n) is 11.0.